The summed E-state index contributed by atoms with van der Waals surface area (Å²) in [6, 6.07) is 8.21. The SMILES string of the molecule is CCOC(=O)c1ccoc1COc1ccc(C(=O)NC)cc1. The molecular weight excluding hydrogens is 286 g/mol. The van der Waals surface area contributed by atoms with Crippen LogP contribution < -0.4 is 10.1 Å². The Kier molecular flexibility index (Phi) is 5.19. The van der Waals surface area contributed by atoms with Crippen molar-refractivity contribution in [3.05, 3.63) is 53.5 Å². The van der Waals surface area contributed by atoms with Gasteiger partial charge in [-0.2, -0.15) is 0 Å². The second-order valence-corrected chi connectivity index (χ2v) is 4.37. The van der Waals surface area contributed by atoms with E-state index in [0.29, 0.717) is 29.2 Å². The quantitative estimate of drug-likeness (QED) is 0.829. The molecule has 1 heterocycles. The minimum atomic E-state index is -0.440. The Balaban J connectivity index is 2.00. The number of ether oxygens (including phenoxy) is 2. The molecule has 0 aliphatic rings. The first-order chi connectivity index (χ1) is 10.7. The summed E-state index contributed by atoms with van der Waals surface area (Å²) in [7, 11) is 1.57. The Labute approximate surface area is 128 Å². The zero-order valence-electron chi connectivity index (χ0n) is 12.4. The lowest BCUT2D eigenvalue weighted by molar-refractivity contribution is 0.0521. The highest BCUT2D eigenvalue weighted by molar-refractivity contribution is 5.94. The molecule has 2 aromatic rings. The summed E-state index contributed by atoms with van der Waals surface area (Å²) in [6.07, 6.45) is 1.42. The number of benzene rings is 1. The normalized spacial score (nSPS) is 10.1. The van der Waals surface area contributed by atoms with Crippen molar-refractivity contribution in [3.63, 3.8) is 0 Å². The molecule has 0 saturated heterocycles. The molecule has 0 bridgehead atoms. The highest BCUT2D eigenvalue weighted by atomic mass is 16.5. The van der Waals surface area contributed by atoms with Crippen LogP contribution in [0.5, 0.6) is 5.75 Å². The zero-order chi connectivity index (χ0) is 15.9. The monoisotopic (exact) mass is 303 g/mol. The van der Waals surface area contributed by atoms with E-state index in [1.807, 2.05) is 0 Å². The smallest absolute Gasteiger partial charge is 0.341 e. The van der Waals surface area contributed by atoms with Crippen molar-refractivity contribution >= 4 is 11.9 Å². The number of amides is 1. The van der Waals surface area contributed by atoms with Crippen molar-refractivity contribution in [2.45, 2.75) is 13.5 Å². The van der Waals surface area contributed by atoms with Gasteiger partial charge in [0, 0.05) is 12.6 Å². The highest BCUT2D eigenvalue weighted by Crippen LogP contribution is 2.17. The van der Waals surface area contributed by atoms with Gasteiger partial charge in [-0.05, 0) is 37.3 Å². The fraction of sp³-hybridized carbons (Fsp3) is 0.250. The van der Waals surface area contributed by atoms with Gasteiger partial charge in [-0.3, -0.25) is 4.79 Å². The predicted molar refractivity (Wildman–Crippen MR) is 78.8 cm³/mol. The first-order valence-electron chi connectivity index (χ1n) is 6.84. The van der Waals surface area contributed by atoms with Crippen molar-refractivity contribution in [3.8, 4) is 5.75 Å². The standard InChI is InChI=1S/C16H17NO5/c1-3-20-16(19)13-8-9-21-14(13)10-22-12-6-4-11(5-7-12)15(18)17-2/h4-9H,3,10H2,1-2H3,(H,17,18). The van der Waals surface area contributed by atoms with E-state index in [1.165, 1.54) is 6.26 Å². The third kappa shape index (κ3) is 3.66. The second kappa shape index (κ2) is 7.31. The molecule has 22 heavy (non-hydrogen) atoms. The van der Waals surface area contributed by atoms with Crippen molar-refractivity contribution in [1.29, 1.82) is 0 Å². The molecule has 6 heteroatoms. The Bertz CT molecular complexity index is 645. The summed E-state index contributed by atoms with van der Waals surface area (Å²) in [5, 5.41) is 2.54. The maximum Gasteiger partial charge on any atom is 0.341 e. The summed E-state index contributed by atoms with van der Waals surface area (Å²) in [4.78, 5) is 23.1. The number of esters is 1. The Morgan fingerprint density at radius 2 is 1.91 bits per heavy atom. The van der Waals surface area contributed by atoms with Gasteiger partial charge in [0.2, 0.25) is 0 Å². The number of nitrogens with one attached hydrogen (secondary N) is 1. The summed E-state index contributed by atoms with van der Waals surface area (Å²) in [5.74, 6) is 0.361. The minimum Gasteiger partial charge on any atom is -0.486 e. The molecule has 0 atom stereocenters. The van der Waals surface area contributed by atoms with E-state index < -0.39 is 5.97 Å². The molecule has 0 saturated carbocycles. The molecule has 1 N–H and O–H groups in total. The van der Waals surface area contributed by atoms with Crippen molar-refractivity contribution in [2.75, 3.05) is 13.7 Å². The lowest BCUT2D eigenvalue weighted by atomic mass is 10.2. The summed E-state index contributed by atoms with van der Waals surface area (Å²) in [6.45, 7) is 2.13. The lowest BCUT2D eigenvalue weighted by Gasteiger charge is -2.07. The van der Waals surface area contributed by atoms with Crippen LogP contribution in [0.1, 0.15) is 33.4 Å². The van der Waals surface area contributed by atoms with Gasteiger partial charge in [-0.15, -0.1) is 0 Å². The van der Waals surface area contributed by atoms with Gasteiger partial charge in [0.1, 0.15) is 17.9 Å². The zero-order valence-corrected chi connectivity index (χ0v) is 12.4. The maximum absolute atomic E-state index is 11.7. The molecule has 116 valence electrons. The van der Waals surface area contributed by atoms with Crippen LogP contribution in [0, 0.1) is 0 Å². The van der Waals surface area contributed by atoms with Crippen molar-refractivity contribution in [1.82, 2.24) is 5.32 Å². The molecule has 0 aliphatic heterocycles. The first kappa shape index (κ1) is 15.6. The topological polar surface area (TPSA) is 77.8 Å². The van der Waals surface area contributed by atoms with E-state index in [9.17, 15) is 9.59 Å². The van der Waals surface area contributed by atoms with E-state index in [4.69, 9.17) is 13.9 Å². The van der Waals surface area contributed by atoms with Gasteiger partial charge in [-0.25, -0.2) is 4.79 Å². The van der Waals surface area contributed by atoms with Gasteiger partial charge in [0.15, 0.2) is 5.76 Å². The van der Waals surface area contributed by atoms with Crippen LogP contribution in [0.25, 0.3) is 0 Å². The van der Waals surface area contributed by atoms with Gasteiger partial charge >= 0.3 is 5.97 Å². The third-order valence-corrected chi connectivity index (χ3v) is 2.95. The molecule has 1 amide bonds. The van der Waals surface area contributed by atoms with Gasteiger partial charge < -0.3 is 19.2 Å². The van der Waals surface area contributed by atoms with Crippen LogP contribution >= 0.6 is 0 Å². The van der Waals surface area contributed by atoms with Crippen molar-refractivity contribution in [2.24, 2.45) is 0 Å². The average molecular weight is 303 g/mol. The number of hydrogen-bond acceptors (Lipinski definition) is 5. The van der Waals surface area contributed by atoms with E-state index in [1.54, 1.807) is 44.3 Å². The predicted octanol–water partition coefficient (Wildman–Crippen LogP) is 2.39. The number of rotatable bonds is 6. The second-order valence-electron chi connectivity index (χ2n) is 4.37. The molecule has 1 aromatic carbocycles. The first-order valence-corrected chi connectivity index (χ1v) is 6.84. The third-order valence-electron chi connectivity index (χ3n) is 2.95. The molecule has 2 rings (SSSR count). The van der Waals surface area contributed by atoms with E-state index in [2.05, 4.69) is 5.32 Å². The van der Waals surface area contributed by atoms with E-state index in [0.717, 1.165) is 0 Å². The fourth-order valence-electron chi connectivity index (χ4n) is 1.84. The maximum atomic E-state index is 11.7. The summed E-state index contributed by atoms with van der Waals surface area (Å²) >= 11 is 0. The molecule has 0 aliphatic carbocycles. The number of hydrogen-bond donors (Lipinski definition) is 1. The summed E-state index contributed by atoms with van der Waals surface area (Å²) in [5.41, 5.74) is 0.892. The van der Waals surface area contributed by atoms with Gasteiger partial charge in [0.05, 0.1) is 12.9 Å². The van der Waals surface area contributed by atoms with E-state index >= 15 is 0 Å². The van der Waals surface area contributed by atoms with Gasteiger partial charge in [0.25, 0.3) is 5.91 Å². The van der Waals surface area contributed by atoms with Crippen LogP contribution in [0.4, 0.5) is 0 Å². The van der Waals surface area contributed by atoms with Crippen LogP contribution in [0.3, 0.4) is 0 Å². The molecule has 0 fully saturated rings. The average Bonchev–Trinajstić information content (AvgIpc) is 3.01. The molecular formula is C16H17NO5. The van der Waals surface area contributed by atoms with Crippen LogP contribution in [0.15, 0.2) is 41.0 Å². The highest BCUT2D eigenvalue weighted by Gasteiger charge is 2.16. The molecule has 1 aromatic heterocycles. The van der Waals surface area contributed by atoms with Crippen LogP contribution in [-0.4, -0.2) is 25.5 Å². The lowest BCUT2D eigenvalue weighted by Crippen LogP contribution is -2.17. The number of carbonyl (C=O) groups excluding carboxylic acids is 2. The largest absolute Gasteiger partial charge is 0.486 e. The Morgan fingerprint density at radius 3 is 2.55 bits per heavy atom. The van der Waals surface area contributed by atoms with E-state index in [-0.39, 0.29) is 12.5 Å². The van der Waals surface area contributed by atoms with Crippen LogP contribution in [-0.2, 0) is 11.3 Å². The Morgan fingerprint density at radius 1 is 1.18 bits per heavy atom. The number of carbonyl (C=O) groups is 2. The Hall–Kier alpha value is -2.76. The van der Waals surface area contributed by atoms with Gasteiger partial charge in [-0.1, -0.05) is 0 Å². The fourth-order valence-corrected chi connectivity index (χ4v) is 1.84. The van der Waals surface area contributed by atoms with Crippen molar-refractivity contribution < 1.29 is 23.5 Å². The van der Waals surface area contributed by atoms with Crippen LogP contribution in [0.2, 0.25) is 0 Å². The molecule has 0 radical (unpaired) electrons. The molecule has 6 nitrogen and oxygen atoms in total. The summed E-state index contributed by atoms with van der Waals surface area (Å²) < 4.78 is 15.7. The molecule has 0 spiro atoms. The molecule has 0 unspecified atom stereocenters. The minimum absolute atomic E-state index is 0.0977. The number of furan rings is 1.